The number of carbonyl (C=O) groups excluding carboxylic acids is 2. The van der Waals surface area contributed by atoms with Crippen LogP contribution < -0.4 is 0 Å². The quantitative estimate of drug-likeness (QED) is 0.463. The van der Waals surface area contributed by atoms with Crippen LogP contribution in [-0.4, -0.2) is 51.2 Å². The van der Waals surface area contributed by atoms with Crippen LogP contribution in [0.25, 0.3) is 0 Å². The Morgan fingerprint density at radius 2 is 1.69 bits per heavy atom. The maximum Gasteiger partial charge on any atom is 0.303 e. The Bertz CT molecular complexity index is 986. The highest BCUT2D eigenvalue weighted by atomic mass is 16.6. The zero-order valence-corrected chi connectivity index (χ0v) is 19.3. The lowest BCUT2D eigenvalue weighted by atomic mass is 9.47. The van der Waals surface area contributed by atoms with E-state index in [0.717, 1.165) is 5.57 Å². The summed E-state index contributed by atoms with van der Waals surface area (Å²) in [5.41, 5.74) is -2.65. The van der Waals surface area contributed by atoms with Crippen LogP contribution in [0.4, 0.5) is 0 Å². The molecule has 176 valence electrons. The largest absolute Gasteiger partial charge is 0.469 e. The number of aliphatic hydroxyl groups is 3. The molecule has 0 amide bonds. The van der Waals surface area contributed by atoms with Crippen molar-refractivity contribution >= 4 is 11.9 Å². The number of allylic oxidation sites excluding steroid dienone is 1. The van der Waals surface area contributed by atoms with Gasteiger partial charge >= 0.3 is 11.9 Å². The average Bonchev–Trinajstić information content (AvgIpc) is 3.22. The summed E-state index contributed by atoms with van der Waals surface area (Å²) in [6.45, 7) is 9.48. The number of aliphatic hydroxyl groups excluding tert-OH is 1. The first-order valence-electron chi connectivity index (χ1n) is 11.0. The molecule has 0 aromatic carbocycles. The molecule has 1 aromatic heterocycles. The lowest BCUT2D eigenvalue weighted by Crippen LogP contribution is -2.74. The molecule has 0 radical (unpaired) electrons. The molecule has 8 unspecified atom stereocenters. The monoisotopic (exact) mass is 448 g/mol. The van der Waals surface area contributed by atoms with Crippen LogP contribution in [0.1, 0.15) is 59.3 Å². The summed E-state index contributed by atoms with van der Waals surface area (Å²) in [6, 6.07) is 1.67. The highest BCUT2D eigenvalue weighted by molar-refractivity contribution is 5.68. The zero-order chi connectivity index (χ0) is 23.8. The zero-order valence-electron chi connectivity index (χ0n) is 19.3. The highest BCUT2D eigenvalue weighted by Gasteiger charge is 2.76. The summed E-state index contributed by atoms with van der Waals surface area (Å²) < 4.78 is 17.0. The van der Waals surface area contributed by atoms with Crippen molar-refractivity contribution in [3.8, 4) is 0 Å². The molecule has 8 nitrogen and oxygen atoms in total. The second kappa shape index (κ2) is 7.17. The number of furan rings is 1. The molecular weight excluding hydrogens is 416 g/mol. The van der Waals surface area contributed by atoms with E-state index in [2.05, 4.69) is 0 Å². The van der Waals surface area contributed by atoms with Crippen molar-refractivity contribution in [3.63, 3.8) is 0 Å². The number of hydrogen-bond acceptors (Lipinski definition) is 8. The minimum atomic E-state index is -1.81. The number of carbonyl (C=O) groups is 2. The Balaban J connectivity index is 2.04. The van der Waals surface area contributed by atoms with Crippen molar-refractivity contribution in [2.24, 2.45) is 17.3 Å². The Labute approximate surface area is 187 Å². The Morgan fingerprint density at radius 3 is 2.25 bits per heavy atom. The third kappa shape index (κ3) is 2.79. The molecule has 0 aliphatic heterocycles. The summed E-state index contributed by atoms with van der Waals surface area (Å²) >= 11 is 0. The van der Waals surface area contributed by atoms with E-state index >= 15 is 0 Å². The van der Waals surface area contributed by atoms with E-state index < -0.39 is 58.7 Å². The molecule has 32 heavy (non-hydrogen) atoms. The third-order valence-electron chi connectivity index (χ3n) is 8.18. The first-order chi connectivity index (χ1) is 14.8. The molecule has 2 fully saturated rings. The summed E-state index contributed by atoms with van der Waals surface area (Å²) in [7, 11) is 0. The van der Waals surface area contributed by atoms with Crippen molar-refractivity contribution in [3.05, 3.63) is 34.8 Å². The Kier molecular flexibility index (Phi) is 5.16. The van der Waals surface area contributed by atoms with Gasteiger partial charge in [0.2, 0.25) is 0 Å². The van der Waals surface area contributed by atoms with E-state index in [1.165, 1.54) is 20.1 Å². The van der Waals surface area contributed by atoms with Crippen LogP contribution in [0.2, 0.25) is 0 Å². The van der Waals surface area contributed by atoms with E-state index in [1.54, 1.807) is 19.9 Å². The standard InChI is InChI=1S/C24H32O8/c1-11(2)15-10-18(27)22(5)16-9-17-14(7-8-30-17)23(6,28)19(16)20(31-12(3)25)21(24(15,22)29)32-13(4)26/h7-8,16,18-21,27-29H,9-10H2,1-6H3. The van der Waals surface area contributed by atoms with Crippen LogP contribution in [0, 0.1) is 17.3 Å². The van der Waals surface area contributed by atoms with Gasteiger partial charge in [-0.05, 0) is 44.7 Å². The van der Waals surface area contributed by atoms with E-state index in [4.69, 9.17) is 13.9 Å². The van der Waals surface area contributed by atoms with Crippen LogP contribution in [0.5, 0.6) is 0 Å². The van der Waals surface area contributed by atoms with E-state index in [9.17, 15) is 24.9 Å². The highest BCUT2D eigenvalue weighted by Crippen LogP contribution is 2.67. The van der Waals surface area contributed by atoms with Gasteiger partial charge in [-0.15, -0.1) is 0 Å². The molecule has 0 bridgehead atoms. The lowest BCUT2D eigenvalue weighted by Gasteiger charge is -2.62. The Hall–Kier alpha value is -2.16. The van der Waals surface area contributed by atoms with E-state index in [0.29, 0.717) is 23.3 Å². The molecule has 3 aliphatic carbocycles. The van der Waals surface area contributed by atoms with Crippen LogP contribution in [-0.2, 0) is 31.1 Å². The molecule has 8 atom stereocenters. The van der Waals surface area contributed by atoms with Crippen LogP contribution in [0.3, 0.4) is 0 Å². The number of rotatable bonds is 2. The van der Waals surface area contributed by atoms with Crippen molar-refractivity contribution in [1.29, 1.82) is 0 Å². The second-order valence-corrected chi connectivity index (χ2v) is 10.1. The van der Waals surface area contributed by atoms with E-state index in [-0.39, 0.29) is 6.42 Å². The lowest BCUT2D eigenvalue weighted by molar-refractivity contribution is -0.284. The molecule has 1 aromatic rings. The van der Waals surface area contributed by atoms with Crippen molar-refractivity contribution in [1.82, 2.24) is 0 Å². The van der Waals surface area contributed by atoms with Crippen molar-refractivity contribution in [2.75, 3.05) is 0 Å². The normalized spacial score (nSPS) is 42.5. The predicted molar refractivity (Wildman–Crippen MR) is 112 cm³/mol. The molecule has 3 aliphatic rings. The summed E-state index contributed by atoms with van der Waals surface area (Å²) in [6.07, 6.45) is -1.44. The van der Waals surface area contributed by atoms with Gasteiger partial charge in [-0.3, -0.25) is 9.59 Å². The Morgan fingerprint density at radius 1 is 1.06 bits per heavy atom. The predicted octanol–water partition coefficient (Wildman–Crippen LogP) is 1.99. The molecule has 8 heteroatoms. The topological polar surface area (TPSA) is 126 Å². The number of hydrogen-bond donors (Lipinski definition) is 3. The van der Waals surface area contributed by atoms with Gasteiger partial charge in [0.05, 0.1) is 18.0 Å². The summed E-state index contributed by atoms with van der Waals surface area (Å²) in [4.78, 5) is 24.4. The fourth-order valence-electron chi connectivity index (χ4n) is 6.80. The summed E-state index contributed by atoms with van der Waals surface area (Å²) in [5.74, 6) is -2.02. The maximum atomic E-state index is 12.4. The minimum Gasteiger partial charge on any atom is -0.469 e. The fraction of sp³-hybridized carbons (Fsp3) is 0.667. The van der Waals surface area contributed by atoms with Crippen LogP contribution >= 0.6 is 0 Å². The van der Waals surface area contributed by atoms with Crippen molar-refractivity contribution < 1.29 is 38.8 Å². The van der Waals surface area contributed by atoms with Gasteiger partial charge in [-0.25, -0.2) is 0 Å². The first-order valence-corrected chi connectivity index (χ1v) is 11.0. The van der Waals surface area contributed by atoms with Crippen LogP contribution in [0.15, 0.2) is 27.9 Å². The average molecular weight is 449 g/mol. The van der Waals surface area contributed by atoms with Gasteiger partial charge in [-0.1, -0.05) is 12.5 Å². The number of esters is 2. The van der Waals surface area contributed by atoms with Gasteiger partial charge in [-0.2, -0.15) is 0 Å². The fourth-order valence-corrected chi connectivity index (χ4v) is 6.80. The van der Waals surface area contributed by atoms with Gasteiger partial charge in [0.1, 0.15) is 17.5 Å². The molecule has 0 spiro atoms. The molecular formula is C24H32O8. The molecule has 2 saturated carbocycles. The molecule has 1 heterocycles. The summed E-state index contributed by atoms with van der Waals surface area (Å²) in [5, 5.41) is 35.5. The smallest absolute Gasteiger partial charge is 0.303 e. The molecule has 0 saturated heterocycles. The first kappa shape index (κ1) is 23.0. The van der Waals surface area contributed by atoms with Crippen molar-refractivity contribution in [2.45, 2.75) is 83.9 Å². The van der Waals surface area contributed by atoms with Gasteiger partial charge in [0, 0.05) is 37.2 Å². The minimum absolute atomic E-state index is 0.177. The van der Waals surface area contributed by atoms with Gasteiger partial charge in [0.25, 0.3) is 0 Å². The number of ether oxygens (including phenoxy) is 2. The third-order valence-corrected chi connectivity index (χ3v) is 8.18. The second-order valence-electron chi connectivity index (χ2n) is 10.1. The number of fused-ring (bicyclic) bond motifs is 4. The van der Waals surface area contributed by atoms with E-state index in [1.807, 2.05) is 13.8 Å². The van der Waals surface area contributed by atoms with Gasteiger partial charge < -0.3 is 29.2 Å². The maximum absolute atomic E-state index is 12.4. The van der Waals surface area contributed by atoms with Gasteiger partial charge in [0.15, 0.2) is 6.10 Å². The molecule has 4 rings (SSSR count). The molecule has 3 N–H and O–H groups in total. The SMILES string of the molecule is CC(=O)OC1C2C(Cc3occc3C2(C)O)C2(C)C(O)CC(=C(C)C)C2(O)C1OC(C)=O.